The Labute approximate surface area is 142 Å². The van der Waals surface area contributed by atoms with Gasteiger partial charge in [0.25, 0.3) is 15.9 Å². The van der Waals surface area contributed by atoms with Gasteiger partial charge in [-0.1, -0.05) is 24.3 Å². The Kier molecular flexibility index (Phi) is 4.64. The molecule has 130 valence electrons. The van der Waals surface area contributed by atoms with E-state index in [1.165, 1.54) is 6.07 Å². The summed E-state index contributed by atoms with van der Waals surface area (Å²) in [6, 6.07) is 6.32. The first-order valence-electron chi connectivity index (χ1n) is 8.18. The van der Waals surface area contributed by atoms with Crippen LogP contribution < -0.4 is 15.2 Å². The average Bonchev–Trinajstić information content (AvgIpc) is 3.21. The second-order valence-corrected chi connectivity index (χ2v) is 8.01. The second kappa shape index (κ2) is 6.57. The molecule has 3 rings (SSSR count). The lowest BCUT2D eigenvalue weighted by Crippen LogP contribution is -2.46. The third-order valence-corrected chi connectivity index (χ3v) is 5.86. The minimum atomic E-state index is -4.02. The molecule has 6 nitrogen and oxygen atoms in total. The van der Waals surface area contributed by atoms with Crippen LogP contribution >= 0.6 is 0 Å². The standard InChI is InChI=1S/C17H22N2O4S/c18-17-12-13(17)8-4-2-1-3-7-11-23-14-9-5-6-10-15(14)24(21,22)19-16(17)20/h4-6,8-10,13H,1-3,7,11-12,18H2,(H,19,20)/b8-4+/t13-,17-/m1/s1. The predicted molar refractivity (Wildman–Crippen MR) is 89.9 cm³/mol. The molecule has 0 aromatic heterocycles. The van der Waals surface area contributed by atoms with Crippen molar-refractivity contribution >= 4 is 15.9 Å². The van der Waals surface area contributed by atoms with Crippen LogP contribution in [0.25, 0.3) is 0 Å². The first-order chi connectivity index (χ1) is 11.4. The van der Waals surface area contributed by atoms with E-state index in [0.717, 1.165) is 25.7 Å². The molecule has 7 heteroatoms. The smallest absolute Gasteiger partial charge is 0.267 e. The first-order valence-corrected chi connectivity index (χ1v) is 9.66. The fraction of sp³-hybridized carbons (Fsp3) is 0.471. The number of allylic oxidation sites excluding steroid dienone is 1. The van der Waals surface area contributed by atoms with E-state index in [1.54, 1.807) is 18.2 Å². The third-order valence-electron chi connectivity index (χ3n) is 4.49. The monoisotopic (exact) mass is 350 g/mol. The maximum Gasteiger partial charge on any atom is 0.267 e. The number of hydrogen-bond donors (Lipinski definition) is 2. The molecule has 1 saturated carbocycles. The molecular formula is C17H22N2O4S. The summed E-state index contributed by atoms with van der Waals surface area (Å²) in [6.45, 7) is 0.438. The molecule has 0 unspecified atom stereocenters. The van der Waals surface area contributed by atoms with Crippen molar-refractivity contribution in [2.45, 2.75) is 42.5 Å². The molecule has 0 radical (unpaired) electrons. The molecule has 1 heterocycles. The molecular weight excluding hydrogens is 328 g/mol. The molecule has 1 amide bonds. The lowest BCUT2D eigenvalue weighted by Gasteiger charge is -2.15. The maximum atomic E-state index is 12.6. The molecule has 1 aliphatic carbocycles. The molecule has 1 aromatic rings. The van der Waals surface area contributed by atoms with E-state index < -0.39 is 21.5 Å². The van der Waals surface area contributed by atoms with Crippen LogP contribution in [0.3, 0.4) is 0 Å². The fourth-order valence-corrected chi connectivity index (χ4v) is 4.05. The van der Waals surface area contributed by atoms with Crippen LogP contribution in [0.4, 0.5) is 0 Å². The van der Waals surface area contributed by atoms with Gasteiger partial charge in [-0.3, -0.25) is 4.79 Å². The van der Waals surface area contributed by atoms with Crippen molar-refractivity contribution in [2.75, 3.05) is 6.61 Å². The summed E-state index contributed by atoms with van der Waals surface area (Å²) >= 11 is 0. The van der Waals surface area contributed by atoms with Crippen LogP contribution in [-0.2, 0) is 14.8 Å². The van der Waals surface area contributed by atoms with E-state index in [4.69, 9.17) is 10.5 Å². The average molecular weight is 350 g/mol. The van der Waals surface area contributed by atoms with Crippen molar-refractivity contribution in [2.24, 2.45) is 11.7 Å². The summed E-state index contributed by atoms with van der Waals surface area (Å²) in [4.78, 5) is 12.3. The van der Waals surface area contributed by atoms with Gasteiger partial charge in [0.05, 0.1) is 6.61 Å². The van der Waals surface area contributed by atoms with Crippen molar-refractivity contribution in [1.82, 2.24) is 4.72 Å². The largest absolute Gasteiger partial charge is 0.492 e. The predicted octanol–water partition coefficient (Wildman–Crippen LogP) is 1.72. The van der Waals surface area contributed by atoms with Crippen LogP contribution in [0, 0.1) is 5.92 Å². The van der Waals surface area contributed by atoms with Gasteiger partial charge in [0.1, 0.15) is 16.2 Å². The van der Waals surface area contributed by atoms with E-state index in [0.29, 0.717) is 13.0 Å². The number of fused-ring (bicyclic) bond motifs is 2. The normalized spacial score (nSPS) is 31.2. The highest BCUT2D eigenvalue weighted by Gasteiger charge is 2.56. The highest BCUT2D eigenvalue weighted by atomic mass is 32.2. The Morgan fingerprint density at radius 3 is 2.83 bits per heavy atom. The summed E-state index contributed by atoms with van der Waals surface area (Å²) in [6.07, 6.45) is 8.20. The lowest BCUT2D eigenvalue weighted by molar-refractivity contribution is -0.121. The molecule has 24 heavy (non-hydrogen) atoms. The number of amides is 1. The van der Waals surface area contributed by atoms with E-state index in [2.05, 4.69) is 4.72 Å². The van der Waals surface area contributed by atoms with E-state index in [9.17, 15) is 13.2 Å². The topological polar surface area (TPSA) is 98.5 Å². The number of carbonyl (C=O) groups excluding carboxylic acids is 1. The van der Waals surface area contributed by atoms with Crippen LogP contribution in [0.15, 0.2) is 41.3 Å². The summed E-state index contributed by atoms with van der Waals surface area (Å²) in [5.74, 6) is -0.518. The number of nitrogens with two attached hydrogens (primary N) is 1. The van der Waals surface area contributed by atoms with Crippen LogP contribution in [-0.4, -0.2) is 26.5 Å². The van der Waals surface area contributed by atoms with Gasteiger partial charge >= 0.3 is 0 Å². The van der Waals surface area contributed by atoms with E-state index in [1.807, 2.05) is 12.2 Å². The Hall–Kier alpha value is -1.86. The van der Waals surface area contributed by atoms with Gasteiger partial charge in [-0.05, 0) is 44.2 Å². The number of sulfonamides is 1. The van der Waals surface area contributed by atoms with Crippen molar-refractivity contribution in [3.8, 4) is 5.75 Å². The summed E-state index contributed by atoms with van der Waals surface area (Å²) in [5, 5.41) is 0. The van der Waals surface area contributed by atoms with Gasteiger partial charge in [0.2, 0.25) is 0 Å². The number of para-hydroxylation sites is 1. The minimum Gasteiger partial charge on any atom is -0.492 e. The molecule has 1 aliphatic heterocycles. The number of benzene rings is 1. The third kappa shape index (κ3) is 3.47. The zero-order valence-corrected chi connectivity index (χ0v) is 14.2. The maximum absolute atomic E-state index is 12.6. The quantitative estimate of drug-likeness (QED) is 0.694. The van der Waals surface area contributed by atoms with E-state index in [-0.39, 0.29) is 16.6 Å². The van der Waals surface area contributed by atoms with E-state index >= 15 is 0 Å². The highest BCUT2D eigenvalue weighted by molar-refractivity contribution is 7.90. The number of nitrogens with one attached hydrogen (secondary N) is 1. The summed E-state index contributed by atoms with van der Waals surface area (Å²) in [7, 11) is -4.02. The Bertz CT molecular complexity index is 760. The van der Waals surface area contributed by atoms with Crippen LogP contribution in [0.2, 0.25) is 0 Å². The van der Waals surface area contributed by atoms with Gasteiger partial charge in [-0.25, -0.2) is 13.1 Å². The molecule has 3 N–H and O–H groups in total. The zero-order chi connectivity index (χ0) is 17.2. The molecule has 1 aromatic carbocycles. The first kappa shape index (κ1) is 17.0. The molecule has 0 saturated heterocycles. The van der Waals surface area contributed by atoms with Crippen molar-refractivity contribution in [3.05, 3.63) is 36.4 Å². The zero-order valence-electron chi connectivity index (χ0n) is 13.4. The Morgan fingerprint density at radius 1 is 1.21 bits per heavy atom. The van der Waals surface area contributed by atoms with Gasteiger partial charge < -0.3 is 10.5 Å². The van der Waals surface area contributed by atoms with Crippen molar-refractivity contribution < 1.29 is 17.9 Å². The van der Waals surface area contributed by atoms with Crippen LogP contribution in [0.5, 0.6) is 5.75 Å². The van der Waals surface area contributed by atoms with Crippen molar-refractivity contribution in [3.63, 3.8) is 0 Å². The van der Waals surface area contributed by atoms with Gasteiger partial charge in [-0.2, -0.15) is 0 Å². The molecule has 2 aliphatic rings. The molecule has 0 spiro atoms. The molecule has 2 atom stereocenters. The van der Waals surface area contributed by atoms with Gasteiger partial charge in [-0.15, -0.1) is 0 Å². The second-order valence-electron chi connectivity index (χ2n) is 6.36. The number of rotatable bonds is 0. The number of carbonyl (C=O) groups is 1. The lowest BCUT2D eigenvalue weighted by atomic mass is 10.1. The Balaban J connectivity index is 1.89. The summed E-state index contributed by atoms with van der Waals surface area (Å²) < 4.78 is 32.8. The van der Waals surface area contributed by atoms with Crippen LogP contribution in [0.1, 0.15) is 32.1 Å². The highest BCUT2D eigenvalue weighted by Crippen LogP contribution is 2.42. The minimum absolute atomic E-state index is 0.0374. The summed E-state index contributed by atoms with van der Waals surface area (Å²) in [5.41, 5.74) is 4.92. The fourth-order valence-electron chi connectivity index (χ4n) is 2.85. The van der Waals surface area contributed by atoms with Gasteiger partial charge in [0.15, 0.2) is 0 Å². The SMILES string of the molecule is N[C@]12C[C@H]1/C=C/CCCCCOc1ccccc1S(=O)(=O)NC2=O. The Morgan fingerprint density at radius 2 is 2.00 bits per heavy atom. The molecule has 0 bridgehead atoms. The number of ether oxygens (including phenoxy) is 1. The number of hydrogen-bond acceptors (Lipinski definition) is 5. The van der Waals surface area contributed by atoms with Crippen molar-refractivity contribution in [1.29, 1.82) is 0 Å². The molecule has 1 fully saturated rings. The van der Waals surface area contributed by atoms with Gasteiger partial charge in [0, 0.05) is 5.92 Å².